The maximum Gasteiger partial charge on any atom is 0.264 e. The molecular formula is C80H100Cl2N6O10S2. The van der Waals surface area contributed by atoms with E-state index in [4.69, 9.17) is 32.7 Å². The Kier molecular flexibility index (Phi) is 21.7. The van der Waals surface area contributed by atoms with Gasteiger partial charge >= 0.3 is 0 Å². The minimum absolute atomic E-state index is 0.0931. The first-order valence-electron chi connectivity index (χ1n) is 36.9. The molecule has 10 aliphatic rings. The van der Waals surface area contributed by atoms with Crippen LogP contribution < -0.4 is 28.7 Å². The van der Waals surface area contributed by atoms with E-state index in [0.717, 1.165) is 112 Å². The second kappa shape index (κ2) is 30.0. The van der Waals surface area contributed by atoms with Crippen molar-refractivity contribution in [2.75, 3.05) is 88.5 Å². The summed E-state index contributed by atoms with van der Waals surface area (Å²) < 4.78 is 71.8. The highest BCUT2D eigenvalue weighted by Gasteiger charge is 2.50. The predicted octanol–water partition coefficient (Wildman–Crippen LogP) is 12.2. The van der Waals surface area contributed by atoms with Gasteiger partial charge in [-0.05, 0) is 262 Å². The van der Waals surface area contributed by atoms with Crippen molar-refractivity contribution in [3.63, 3.8) is 0 Å². The number of nitrogens with zero attached hydrogens (tertiary/aromatic N) is 4. The average molecular weight is 1440 g/mol. The number of aryl methyl sites for hydroxylation is 2. The smallest absolute Gasteiger partial charge is 0.264 e. The van der Waals surface area contributed by atoms with Crippen LogP contribution in [0.15, 0.2) is 97.1 Å². The number of sulfonamides is 2. The third-order valence-corrected chi connectivity index (χ3v) is 28.7. The molecule has 0 aromatic heterocycles. The Morgan fingerprint density at radius 3 is 1.34 bits per heavy atom. The molecule has 12 atom stereocenters. The number of anilines is 2. The zero-order valence-corrected chi connectivity index (χ0v) is 61.7. The minimum Gasteiger partial charge on any atom is -0.490 e. The summed E-state index contributed by atoms with van der Waals surface area (Å²) in [7, 11) is -7.97. The van der Waals surface area contributed by atoms with Crippen molar-refractivity contribution in [1.29, 1.82) is 0 Å². The van der Waals surface area contributed by atoms with Gasteiger partial charge in [-0.3, -0.25) is 19.4 Å². The van der Waals surface area contributed by atoms with Gasteiger partial charge in [0.2, 0.25) is 20.0 Å². The van der Waals surface area contributed by atoms with Gasteiger partial charge in [0, 0.05) is 70.0 Å². The molecule has 4 bridgehead atoms. The van der Waals surface area contributed by atoms with Crippen LogP contribution in [0.25, 0.3) is 0 Å². The maximum absolute atomic E-state index is 13.5. The fourth-order valence-electron chi connectivity index (χ4n) is 17.6. The molecule has 4 aromatic carbocycles. The van der Waals surface area contributed by atoms with Gasteiger partial charge in [0.1, 0.15) is 22.7 Å². The number of piperidine rings is 2. The summed E-state index contributed by atoms with van der Waals surface area (Å²) in [6.45, 7) is 15.9. The topological polar surface area (TPSA) is 198 Å². The molecule has 100 heavy (non-hydrogen) atoms. The Labute approximate surface area is 603 Å². The lowest BCUT2D eigenvalue weighted by Gasteiger charge is -2.47. The normalized spacial score (nSPS) is 33.3. The van der Waals surface area contributed by atoms with E-state index < -0.39 is 53.6 Å². The lowest BCUT2D eigenvalue weighted by molar-refractivity contribution is -0.00354. The van der Waals surface area contributed by atoms with Crippen molar-refractivity contribution in [2.45, 2.75) is 176 Å². The van der Waals surface area contributed by atoms with E-state index in [1.54, 1.807) is 50.2 Å². The molecule has 4 aliphatic carbocycles. The number of likely N-dealkylation sites (tertiary alicyclic amines) is 2. The number of carbonyl (C=O) groups is 2. The molecule has 20 heteroatoms. The van der Waals surface area contributed by atoms with Gasteiger partial charge in [0.05, 0.1) is 48.2 Å². The lowest BCUT2D eigenvalue weighted by atomic mass is 9.64. The molecular weight excluding hydrogens is 1340 g/mol. The molecule has 0 unspecified atom stereocenters. The van der Waals surface area contributed by atoms with Gasteiger partial charge in [-0.2, -0.15) is 0 Å². The largest absolute Gasteiger partial charge is 0.490 e. The van der Waals surface area contributed by atoms with E-state index >= 15 is 0 Å². The number of halogens is 2. The van der Waals surface area contributed by atoms with Gasteiger partial charge in [-0.1, -0.05) is 97.9 Å². The first-order valence-corrected chi connectivity index (χ1v) is 40.8. The number of carbonyl (C=O) groups excluding carboxylic acids is 2. The van der Waals surface area contributed by atoms with Crippen molar-refractivity contribution in [3.8, 4) is 35.2 Å². The first kappa shape index (κ1) is 72.3. The van der Waals surface area contributed by atoms with Crippen LogP contribution in [0.1, 0.15) is 173 Å². The first-order chi connectivity index (χ1) is 47.9. The van der Waals surface area contributed by atoms with Crippen LogP contribution in [0.4, 0.5) is 11.4 Å². The number of hydrogen-bond acceptors (Lipinski definition) is 14. The van der Waals surface area contributed by atoms with Gasteiger partial charge in [-0.25, -0.2) is 26.3 Å². The maximum atomic E-state index is 13.5. The van der Waals surface area contributed by atoms with Crippen LogP contribution in [0, 0.1) is 59.2 Å². The molecule has 4 fully saturated rings. The number of benzene rings is 4. The van der Waals surface area contributed by atoms with Crippen LogP contribution in [-0.2, 0) is 43.7 Å². The Balaban J connectivity index is 0.000000179. The number of fused-ring (bicyclic) bond motifs is 8. The Hall–Kier alpha value is -6.06. The molecule has 2 saturated carbocycles. The molecule has 6 heterocycles. The summed E-state index contributed by atoms with van der Waals surface area (Å²) in [6.07, 6.45) is 24.9. The summed E-state index contributed by atoms with van der Waals surface area (Å²) in [5.74, 6) is 12.9. The van der Waals surface area contributed by atoms with Gasteiger partial charge in [0.25, 0.3) is 11.8 Å². The van der Waals surface area contributed by atoms with Crippen molar-refractivity contribution < 1.29 is 46.1 Å². The van der Waals surface area contributed by atoms with E-state index in [0.29, 0.717) is 76.8 Å². The molecule has 4 aromatic rings. The highest BCUT2D eigenvalue weighted by atomic mass is 35.5. The zero-order chi connectivity index (χ0) is 70.2. The number of amides is 2. The third kappa shape index (κ3) is 15.4. The highest BCUT2D eigenvalue weighted by Crippen LogP contribution is 2.51. The predicted molar refractivity (Wildman–Crippen MR) is 396 cm³/mol. The summed E-state index contributed by atoms with van der Waals surface area (Å²) in [4.78, 5) is 36.5. The molecule has 2 spiro atoms. The summed E-state index contributed by atoms with van der Waals surface area (Å²) in [5, 5.41) is 24.6. The van der Waals surface area contributed by atoms with E-state index in [1.165, 1.54) is 60.8 Å². The van der Waals surface area contributed by atoms with Crippen molar-refractivity contribution >= 4 is 66.4 Å². The molecule has 0 radical (unpaired) electrons. The molecule has 16 nitrogen and oxygen atoms in total. The van der Waals surface area contributed by atoms with Crippen molar-refractivity contribution in [3.05, 3.63) is 141 Å². The average Bonchev–Trinajstić information content (AvgIpc) is 1.37. The molecule has 6 aliphatic heterocycles. The minimum atomic E-state index is -3.99. The molecule has 4 N–H and O–H groups in total. The van der Waals surface area contributed by atoms with Crippen LogP contribution in [0.5, 0.6) is 11.5 Å². The monoisotopic (exact) mass is 1440 g/mol. The second-order valence-electron chi connectivity index (χ2n) is 31.0. The number of allylic oxidation sites excluding steroid dienone is 2. The second-order valence-corrected chi connectivity index (χ2v) is 35.9. The van der Waals surface area contributed by atoms with E-state index in [-0.39, 0.29) is 57.5 Å². The van der Waals surface area contributed by atoms with E-state index in [2.05, 4.69) is 77.0 Å². The number of hydrogen-bond donors (Lipinski definition) is 4. The number of aliphatic hydroxyl groups is 2. The lowest BCUT2D eigenvalue weighted by Crippen LogP contribution is -2.52. The fraction of sp³-hybridized carbons (Fsp3) is 0.575. The van der Waals surface area contributed by atoms with Crippen molar-refractivity contribution in [1.82, 2.24) is 19.2 Å². The fourth-order valence-corrected chi connectivity index (χ4v) is 20.6. The van der Waals surface area contributed by atoms with Gasteiger partial charge in [0.15, 0.2) is 0 Å². The van der Waals surface area contributed by atoms with Crippen LogP contribution in [-0.4, -0.2) is 149 Å². The van der Waals surface area contributed by atoms with Crippen molar-refractivity contribution in [2.24, 2.45) is 35.5 Å². The third-order valence-electron chi connectivity index (χ3n) is 24.4. The molecule has 14 rings (SSSR count). The number of rotatable bonds is 2. The Bertz CT molecular complexity index is 3890. The number of ether oxygens (including phenoxy) is 2. The zero-order valence-electron chi connectivity index (χ0n) is 58.6. The summed E-state index contributed by atoms with van der Waals surface area (Å²) in [6, 6.07) is 22.8. The van der Waals surface area contributed by atoms with E-state index in [9.17, 15) is 36.6 Å². The standard InChI is InChI=1S/2C40H50ClN3O5S/c2*1-28-9-6-18-40(46,19-8-22-43-20-4-3-5-21-43)35-14-11-32(35)25-44-26-39(17-7-10-30-23-33(41)13-15-34(30)39)27-49-37-16-12-31(24-36(37)44)38(45)42-50(47,48)29(28)2/h2*6,12-13,15-16,18,23-24,28-29,32,35,46H,3-5,7,9-11,14,17,20-22,25-27H2,1-2H3,(H,42,45)/b2*18-6+/t28-,29+,32-,35+,39-,40+;28-,29+,32-,35+,39-,40-/m00/s1. The molecule has 2 saturated heterocycles. The van der Waals surface area contributed by atoms with Gasteiger partial charge < -0.3 is 29.5 Å². The van der Waals surface area contributed by atoms with Crippen LogP contribution in [0.2, 0.25) is 10.0 Å². The summed E-state index contributed by atoms with van der Waals surface area (Å²) >= 11 is 12.9. The van der Waals surface area contributed by atoms with E-state index in [1.807, 2.05) is 50.3 Å². The highest BCUT2D eigenvalue weighted by molar-refractivity contribution is 7.91. The SMILES string of the molecule is C[C@@H]1[C@@H](C)C/C=C/[C@@](O)(C#CCN2CCCCC2)[C@@H]2CC[C@H]2CN2C[C@@]3(CCCc4cc(Cl)ccc43)COc3ccc(cc32)C(=O)NS1(=O)=O.C[C@@H]1[C@@H](C)C/C=C/[C@](O)(C#CCN2CCCCC2)[C@@H]2CC[C@H]2CN2C[C@@]3(CCCc4cc(Cl)ccc43)COc3ccc(cc32)C(=O)NS1(=O)=O. The van der Waals surface area contributed by atoms with Crippen LogP contribution in [0.3, 0.4) is 0 Å². The number of nitrogens with one attached hydrogen (secondary N) is 2. The molecule has 2 amide bonds. The molecule has 536 valence electrons. The van der Waals surface area contributed by atoms with Gasteiger partial charge in [-0.15, -0.1) is 0 Å². The summed E-state index contributed by atoms with van der Waals surface area (Å²) in [5.41, 5.74) is 3.74. The Morgan fingerprint density at radius 2 is 0.950 bits per heavy atom. The Morgan fingerprint density at radius 1 is 0.540 bits per heavy atom. The van der Waals surface area contributed by atoms with Crippen LogP contribution >= 0.6 is 23.2 Å². The quantitative estimate of drug-likeness (QED) is 0.109.